The molecule has 0 spiro atoms. The smallest absolute Gasteiger partial charge is 0 e. The summed E-state index contributed by atoms with van der Waals surface area (Å²) in [7, 11) is 0. The second-order valence-corrected chi connectivity index (χ2v) is 2.34. The molecule has 0 aromatic rings. The quantitative estimate of drug-likeness (QED) is 0.478. The zero-order chi connectivity index (χ0) is 5.86. The third-order valence-electron chi connectivity index (χ3n) is 0.596. The third kappa shape index (κ3) is 9.75. The van der Waals surface area contributed by atoms with E-state index in [1.54, 1.807) is 0 Å². The molecule has 0 atom stereocenters. The summed E-state index contributed by atoms with van der Waals surface area (Å²) in [5, 5.41) is 4.28. The van der Waals surface area contributed by atoms with E-state index in [-0.39, 0.29) is 18.9 Å². The molecule has 1 nitrogen and oxygen atoms in total. The van der Waals surface area contributed by atoms with Crippen molar-refractivity contribution in [2.75, 3.05) is 0 Å². The molecule has 0 aromatic heterocycles. The predicted molar refractivity (Wildman–Crippen MR) is 39.4 cm³/mol. The predicted octanol–water partition coefficient (Wildman–Crippen LogP) is 1.80. The second-order valence-electron chi connectivity index (χ2n) is 2.34. The van der Waals surface area contributed by atoms with Crippen LogP contribution in [0.1, 0.15) is 27.7 Å². The van der Waals surface area contributed by atoms with Crippen LogP contribution in [0.5, 0.6) is 0 Å². The van der Waals surface area contributed by atoms with Crippen LogP contribution in [-0.4, -0.2) is 30.9 Å². The van der Waals surface area contributed by atoms with Crippen LogP contribution in [0.4, 0.5) is 0 Å². The molecule has 0 unspecified atom stereocenters. The minimum atomic E-state index is 0. The zero-order valence-electron chi connectivity index (χ0n) is 6.60. The van der Waals surface area contributed by atoms with Gasteiger partial charge in [-0.25, -0.2) is 0 Å². The molecular weight excluding hydrogens is 93.0 g/mol. The maximum atomic E-state index is 4.28. The zero-order valence-corrected chi connectivity index (χ0v) is 6.60. The number of rotatable bonds is 2. The Morgan fingerprint density at radius 3 is 1.12 bits per heavy atom. The van der Waals surface area contributed by atoms with Crippen LogP contribution in [-0.2, 0) is 0 Å². The molecule has 2 heteroatoms. The summed E-state index contributed by atoms with van der Waals surface area (Å²) in [6.45, 7) is 8.39. The maximum Gasteiger partial charge on any atom is 0 e. The molecule has 0 aliphatic rings. The van der Waals surface area contributed by atoms with E-state index in [2.05, 4.69) is 33.0 Å². The van der Waals surface area contributed by atoms with Gasteiger partial charge in [0.05, 0.1) is 0 Å². The fourth-order valence-electron chi connectivity index (χ4n) is 0.596. The molecular formula is C6H14LiN-. The summed E-state index contributed by atoms with van der Waals surface area (Å²) in [6.07, 6.45) is 0. The first kappa shape index (κ1) is 11.4. The first-order valence-corrected chi connectivity index (χ1v) is 2.83. The average Bonchev–Trinajstić information content (AvgIpc) is 1.27. The molecule has 0 saturated heterocycles. The van der Waals surface area contributed by atoms with E-state index in [4.69, 9.17) is 0 Å². The van der Waals surface area contributed by atoms with Gasteiger partial charge in [0, 0.05) is 18.9 Å². The van der Waals surface area contributed by atoms with Gasteiger partial charge in [-0.2, -0.15) is 0 Å². The number of nitrogens with zero attached hydrogens (tertiary/aromatic N) is 1. The normalized spacial score (nSPS) is 9.75. The van der Waals surface area contributed by atoms with Gasteiger partial charge in [0.1, 0.15) is 0 Å². The summed E-state index contributed by atoms with van der Waals surface area (Å²) in [4.78, 5) is 0. The van der Waals surface area contributed by atoms with Gasteiger partial charge in [-0.05, 0) is 0 Å². The van der Waals surface area contributed by atoms with Crippen molar-refractivity contribution in [3.8, 4) is 0 Å². The number of hydrogen-bond donors (Lipinski definition) is 0. The Labute approximate surface area is 64.4 Å². The van der Waals surface area contributed by atoms with Gasteiger partial charge in [-0.1, -0.05) is 27.7 Å². The van der Waals surface area contributed by atoms with Crippen molar-refractivity contribution < 1.29 is 0 Å². The van der Waals surface area contributed by atoms with Crippen molar-refractivity contribution in [3.63, 3.8) is 0 Å². The van der Waals surface area contributed by atoms with E-state index in [0.717, 1.165) is 0 Å². The molecule has 8 heavy (non-hydrogen) atoms. The SMILES string of the molecule is CC(C)[N-]C(C)C.[Li]. The van der Waals surface area contributed by atoms with Gasteiger partial charge < -0.3 is 5.32 Å². The fraction of sp³-hybridized carbons (Fsp3) is 1.00. The Bertz CT molecular complexity index is 37.8. The number of hydrogen-bond acceptors (Lipinski definition) is 0. The van der Waals surface area contributed by atoms with Gasteiger partial charge in [0.15, 0.2) is 0 Å². The monoisotopic (exact) mass is 107 g/mol. The van der Waals surface area contributed by atoms with E-state index in [1.807, 2.05) is 0 Å². The van der Waals surface area contributed by atoms with Crippen molar-refractivity contribution in [3.05, 3.63) is 5.32 Å². The second kappa shape index (κ2) is 5.69. The molecule has 0 amide bonds. The molecule has 1 radical (unpaired) electrons. The Balaban J connectivity index is 0. The largest absolute Gasteiger partial charge is 0.658 e. The van der Waals surface area contributed by atoms with Crippen molar-refractivity contribution >= 4 is 18.9 Å². The van der Waals surface area contributed by atoms with Crippen LogP contribution in [0.15, 0.2) is 0 Å². The van der Waals surface area contributed by atoms with Crippen molar-refractivity contribution in [1.82, 2.24) is 0 Å². The summed E-state index contributed by atoms with van der Waals surface area (Å²) in [6, 6.07) is 1.000. The Hall–Kier alpha value is 0.557. The van der Waals surface area contributed by atoms with Crippen LogP contribution in [0, 0.1) is 0 Å². The van der Waals surface area contributed by atoms with Crippen LogP contribution in [0.2, 0.25) is 0 Å². The summed E-state index contributed by atoms with van der Waals surface area (Å²) < 4.78 is 0. The minimum Gasteiger partial charge on any atom is -0.658 e. The molecule has 45 valence electrons. The van der Waals surface area contributed by atoms with E-state index < -0.39 is 0 Å². The Morgan fingerprint density at radius 1 is 0.875 bits per heavy atom. The van der Waals surface area contributed by atoms with Crippen molar-refractivity contribution in [2.24, 2.45) is 0 Å². The van der Waals surface area contributed by atoms with E-state index in [0.29, 0.717) is 12.1 Å². The van der Waals surface area contributed by atoms with Gasteiger partial charge in [-0.3, -0.25) is 0 Å². The van der Waals surface area contributed by atoms with Gasteiger partial charge in [0.25, 0.3) is 0 Å². The van der Waals surface area contributed by atoms with Crippen LogP contribution in [0.3, 0.4) is 0 Å². The molecule has 0 aromatic carbocycles. The Morgan fingerprint density at radius 2 is 1.12 bits per heavy atom. The molecule has 0 N–H and O–H groups in total. The average molecular weight is 107 g/mol. The van der Waals surface area contributed by atoms with Gasteiger partial charge >= 0.3 is 0 Å². The molecule has 0 bridgehead atoms. The first-order valence-electron chi connectivity index (χ1n) is 2.83. The van der Waals surface area contributed by atoms with E-state index in [1.165, 1.54) is 0 Å². The maximum absolute atomic E-state index is 4.28. The Kier molecular flexibility index (Phi) is 8.08. The molecule has 0 aliphatic carbocycles. The topological polar surface area (TPSA) is 14.1 Å². The van der Waals surface area contributed by atoms with Crippen LogP contribution < -0.4 is 0 Å². The van der Waals surface area contributed by atoms with E-state index in [9.17, 15) is 0 Å². The summed E-state index contributed by atoms with van der Waals surface area (Å²) >= 11 is 0. The minimum absolute atomic E-state index is 0. The molecule has 0 aliphatic heterocycles. The first-order chi connectivity index (χ1) is 3.13. The molecule has 0 rings (SSSR count). The molecule has 0 heterocycles. The van der Waals surface area contributed by atoms with Gasteiger partial charge in [0.2, 0.25) is 0 Å². The summed E-state index contributed by atoms with van der Waals surface area (Å²) in [5.74, 6) is 0. The van der Waals surface area contributed by atoms with E-state index >= 15 is 0 Å². The molecule has 0 fully saturated rings. The third-order valence-corrected chi connectivity index (χ3v) is 0.596. The van der Waals surface area contributed by atoms with Crippen molar-refractivity contribution in [2.45, 2.75) is 39.8 Å². The van der Waals surface area contributed by atoms with Crippen molar-refractivity contribution in [1.29, 1.82) is 0 Å². The summed E-state index contributed by atoms with van der Waals surface area (Å²) in [5.41, 5.74) is 0. The molecule has 0 saturated carbocycles. The van der Waals surface area contributed by atoms with Crippen LogP contribution >= 0.6 is 0 Å². The fourth-order valence-corrected chi connectivity index (χ4v) is 0.596. The van der Waals surface area contributed by atoms with Crippen LogP contribution in [0.25, 0.3) is 5.32 Å². The van der Waals surface area contributed by atoms with Gasteiger partial charge in [-0.15, -0.1) is 12.1 Å². The standard InChI is InChI=1S/C6H14N.Li/c1-5(2)7-6(3)4;/h5-6H,1-4H3;/q-1;.